The molecule has 2 bridgehead atoms. The van der Waals surface area contributed by atoms with Gasteiger partial charge in [0, 0.05) is 11.3 Å². The Morgan fingerprint density at radius 2 is 2.16 bits per heavy atom. The average molecular weight is 266 g/mol. The van der Waals surface area contributed by atoms with Crippen LogP contribution in [0.4, 0.5) is 0 Å². The SMILES string of the molecule is CCC(C)(C)C(=O)OC1C2C(=O)OC3CC1(C)CC32. The number of hydrogen-bond donors (Lipinski definition) is 0. The zero-order chi connectivity index (χ0) is 14.0. The first-order chi connectivity index (χ1) is 8.78. The summed E-state index contributed by atoms with van der Waals surface area (Å²) in [5.74, 6) is -0.311. The van der Waals surface area contributed by atoms with E-state index in [0.29, 0.717) is 0 Å². The van der Waals surface area contributed by atoms with E-state index in [1.807, 2.05) is 20.8 Å². The number of rotatable bonds is 3. The molecule has 2 saturated carbocycles. The summed E-state index contributed by atoms with van der Waals surface area (Å²) in [7, 11) is 0. The Morgan fingerprint density at radius 3 is 2.79 bits per heavy atom. The van der Waals surface area contributed by atoms with Crippen molar-refractivity contribution in [2.24, 2.45) is 22.7 Å². The molecular weight excluding hydrogens is 244 g/mol. The molecule has 2 aliphatic carbocycles. The van der Waals surface area contributed by atoms with E-state index in [4.69, 9.17) is 9.47 Å². The smallest absolute Gasteiger partial charge is 0.313 e. The van der Waals surface area contributed by atoms with Gasteiger partial charge in [0.15, 0.2) is 0 Å². The van der Waals surface area contributed by atoms with E-state index in [1.54, 1.807) is 0 Å². The van der Waals surface area contributed by atoms with Gasteiger partial charge in [0.1, 0.15) is 18.1 Å². The summed E-state index contributed by atoms with van der Waals surface area (Å²) in [6.45, 7) is 7.88. The molecule has 0 spiro atoms. The van der Waals surface area contributed by atoms with Crippen LogP contribution >= 0.6 is 0 Å². The highest BCUT2D eigenvalue weighted by atomic mass is 16.6. The molecule has 0 aromatic carbocycles. The summed E-state index contributed by atoms with van der Waals surface area (Å²) < 4.78 is 11.2. The van der Waals surface area contributed by atoms with E-state index in [-0.39, 0.29) is 41.4 Å². The van der Waals surface area contributed by atoms with Crippen molar-refractivity contribution in [1.29, 1.82) is 0 Å². The highest BCUT2D eigenvalue weighted by molar-refractivity contribution is 5.80. The molecule has 1 heterocycles. The van der Waals surface area contributed by atoms with Gasteiger partial charge in [-0.3, -0.25) is 9.59 Å². The van der Waals surface area contributed by atoms with Crippen molar-refractivity contribution in [3.05, 3.63) is 0 Å². The van der Waals surface area contributed by atoms with Gasteiger partial charge in [-0.05, 0) is 33.1 Å². The van der Waals surface area contributed by atoms with E-state index in [9.17, 15) is 9.59 Å². The molecule has 19 heavy (non-hydrogen) atoms. The largest absolute Gasteiger partial charge is 0.462 e. The third-order valence-electron chi connectivity index (χ3n) is 5.53. The molecule has 3 rings (SSSR count). The average Bonchev–Trinajstić information content (AvgIpc) is 2.86. The second-order valence-electron chi connectivity index (χ2n) is 7.29. The predicted octanol–water partition coefficient (Wildman–Crippen LogP) is 2.31. The summed E-state index contributed by atoms with van der Waals surface area (Å²) in [6, 6.07) is 0. The van der Waals surface area contributed by atoms with Gasteiger partial charge in [0.05, 0.1) is 5.41 Å². The van der Waals surface area contributed by atoms with Crippen LogP contribution in [0, 0.1) is 22.7 Å². The van der Waals surface area contributed by atoms with Gasteiger partial charge < -0.3 is 9.47 Å². The van der Waals surface area contributed by atoms with E-state index in [2.05, 4.69) is 6.92 Å². The lowest BCUT2D eigenvalue weighted by Crippen LogP contribution is -2.42. The zero-order valence-electron chi connectivity index (χ0n) is 12.1. The molecule has 5 unspecified atom stereocenters. The van der Waals surface area contributed by atoms with Crippen LogP contribution in [0.5, 0.6) is 0 Å². The maximum atomic E-state index is 12.3. The first kappa shape index (κ1) is 12.9. The first-order valence-corrected chi connectivity index (χ1v) is 7.20. The fraction of sp³-hybridized carbons (Fsp3) is 0.867. The number of carbonyl (C=O) groups excluding carboxylic acids is 2. The molecule has 0 N–H and O–H groups in total. The molecule has 0 radical (unpaired) electrons. The molecule has 0 aromatic rings. The van der Waals surface area contributed by atoms with Crippen molar-refractivity contribution in [2.75, 3.05) is 0 Å². The topological polar surface area (TPSA) is 52.6 Å². The number of hydrogen-bond acceptors (Lipinski definition) is 4. The van der Waals surface area contributed by atoms with Gasteiger partial charge in [0.2, 0.25) is 0 Å². The minimum atomic E-state index is -0.486. The maximum Gasteiger partial charge on any atom is 0.313 e. The second kappa shape index (κ2) is 3.74. The molecule has 4 heteroatoms. The van der Waals surface area contributed by atoms with Crippen molar-refractivity contribution in [2.45, 2.75) is 59.2 Å². The zero-order valence-corrected chi connectivity index (χ0v) is 12.1. The molecule has 106 valence electrons. The molecule has 3 fully saturated rings. The quantitative estimate of drug-likeness (QED) is 0.736. The van der Waals surface area contributed by atoms with Crippen LogP contribution in [-0.2, 0) is 19.1 Å². The Morgan fingerprint density at radius 1 is 1.47 bits per heavy atom. The molecule has 0 amide bonds. The van der Waals surface area contributed by atoms with E-state index >= 15 is 0 Å². The Balaban J connectivity index is 1.82. The van der Waals surface area contributed by atoms with Crippen LogP contribution in [0.2, 0.25) is 0 Å². The standard InChI is InChI=1S/C15H22O4/c1-5-14(2,3)13(17)19-11-10-8-6-15(11,4)7-9(8)18-12(10)16/h8-11H,5-7H2,1-4H3. The molecule has 5 atom stereocenters. The Bertz CT molecular complexity index is 437. The van der Waals surface area contributed by atoms with E-state index in [1.165, 1.54) is 0 Å². The Hall–Kier alpha value is -1.06. The van der Waals surface area contributed by atoms with E-state index in [0.717, 1.165) is 19.3 Å². The summed E-state index contributed by atoms with van der Waals surface area (Å²) in [5, 5.41) is 0. The summed E-state index contributed by atoms with van der Waals surface area (Å²) in [4.78, 5) is 24.2. The number of ether oxygens (including phenoxy) is 2. The van der Waals surface area contributed by atoms with Gasteiger partial charge in [-0.2, -0.15) is 0 Å². The normalized spacial score (nSPS) is 43.5. The number of esters is 2. The van der Waals surface area contributed by atoms with Crippen molar-refractivity contribution >= 4 is 11.9 Å². The molecule has 1 aliphatic heterocycles. The van der Waals surface area contributed by atoms with Crippen LogP contribution in [0.15, 0.2) is 0 Å². The van der Waals surface area contributed by atoms with Crippen molar-refractivity contribution in [3.63, 3.8) is 0 Å². The molecule has 1 saturated heterocycles. The van der Waals surface area contributed by atoms with Crippen LogP contribution in [-0.4, -0.2) is 24.1 Å². The summed E-state index contributed by atoms with van der Waals surface area (Å²) in [5.41, 5.74) is -0.564. The molecule has 0 aromatic heterocycles. The molecular formula is C15H22O4. The van der Waals surface area contributed by atoms with Crippen molar-refractivity contribution in [3.8, 4) is 0 Å². The van der Waals surface area contributed by atoms with Gasteiger partial charge in [0.25, 0.3) is 0 Å². The third-order valence-corrected chi connectivity index (χ3v) is 5.53. The van der Waals surface area contributed by atoms with Gasteiger partial charge in [-0.15, -0.1) is 0 Å². The first-order valence-electron chi connectivity index (χ1n) is 7.20. The minimum absolute atomic E-state index is 0.0663. The molecule has 3 aliphatic rings. The van der Waals surface area contributed by atoms with Crippen molar-refractivity contribution in [1.82, 2.24) is 0 Å². The van der Waals surface area contributed by atoms with Crippen molar-refractivity contribution < 1.29 is 19.1 Å². The van der Waals surface area contributed by atoms with Gasteiger partial charge in [-0.1, -0.05) is 13.8 Å². The molecule has 4 nitrogen and oxygen atoms in total. The summed E-state index contributed by atoms with van der Waals surface area (Å²) in [6.07, 6.45) is 2.29. The fourth-order valence-corrected chi connectivity index (χ4v) is 3.90. The number of fused-ring (bicyclic) bond motifs is 1. The Kier molecular flexibility index (Phi) is 2.55. The fourth-order valence-electron chi connectivity index (χ4n) is 3.90. The van der Waals surface area contributed by atoms with Crippen LogP contribution < -0.4 is 0 Å². The lowest BCUT2D eigenvalue weighted by Gasteiger charge is -2.34. The number of carbonyl (C=O) groups is 2. The summed E-state index contributed by atoms with van der Waals surface area (Å²) >= 11 is 0. The lowest BCUT2D eigenvalue weighted by atomic mass is 9.78. The van der Waals surface area contributed by atoms with Crippen LogP contribution in [0.1, 0.15) is 47.0 Å². The predicted molar refractivity (Wildman–Crippen MR) is 68.2 cm³/mol. The monoisotopic (exact) mass is 266 g/mol. The maximum absolute atomic E-state index is 12.3. The van der Waals surface area contributed by atoms with Gasteiger partial charge in [-0.25, -0.2) is 0 Å². The Labute approximate surface area is 113 Å². The third kappa shape index (κ3) is 1.65. The second-order valence-corrected chi connectivity index (χ2v) is 7.29. The van der Waals surface area contributed by atoms with E-state index < -0.39 is 5.41 Å². The van der Waals surface area contributed by atoms with Crippen LogP contribution in [0.25, 0.3) is 0 Å². The highest BCUT2D eigenvalue weighted by Gasteiger charge is 2.69. The minimum Gasteiger partial charge on any atom is -0.462 e. The lowest BCUT2D eigenvalue weighted by molar-refractivity contribution is -0.169. The van der Waals surface area contributed by atoms with Gasteiger partial charge >= 0.3 is 11.9 Å². The highest BCUT2D eigenvalue weighted by Crippen LogP contribution is 2.62. The van der Waals surface area contributed by atoms with Crippen LogP contribution in [0.3, 0.4) is 0 Å².